The zero-order valence-corrected chi connectivity index (χ0v) is 8.96. The van der Waals surface area contributed by atoms with Crippen molar-refractivity contribution in [2.24, 2.45) is 0 Å². The molecule has 1 amide bonds. The lowest BCUT2D eigenvalue weighted by Gasteiger charge is -2.05. The molecule has 0 saturated carbocycles. The molecule has 80 valence electrons. The molecule has 3 nitrogen and oxygen atoms in total. The number of halogens is 1. The number of rotatable bonds is 4. The number of carbonyl (C=O) groups is 1. The van der Waals surface area contributed by atoms with E-state index in [0.29, 0.717) is 11.6 Å². The molecule has 1 rings (SSSR count). The van der Waals surface area contributed by atoms with E-state index >= 15 is 0 Å². The Morgan fingerprint density at radius 3 is 2.73 bits per heavy atom. The molecular weight excluding hydrogens is 214 g/mol. The van der Waals surface area contributed by atoms with Gasteiger partial charge in [0.1, 0.15) is 6.61 Å². The standard InChI is InChI=1S/C11H12ClNO2/c1-2-7-15-11(14)13-8-9-3-5-10(12)6-4-9/h2-6H,1,7-8H2,(H,13,14). The topological polar surface area (TPSA) is 38.3 Å². The Labute approximate surface area is 93.7 Å². The second-order valence-corrected chi connectivity index (χ2v) is 3.30. The summed E-state index contributed by atoms with van der Waals surface area (Å²) in [4.78, 5) is 11.0. The van der Waals surface area contributed by atoms with E-state index in [2.05, 4.69) is 11.9 Å². The van der Waals surface area contributed by atoms with Crippen molar-refractivity contribution in [3.05, 3.63) is 47.5 Å². The predicted octanol–water partition coefficient (Wildman–Crippen LogP) is 2.75. The van der Waals surface area contributed by atoms with Gasteiger partial charge in [0.05, 0.1) is 0 Å². The number of hydrogen-bond acceptors (Lipinski definition) is 2. The van der Waals surface area contributed by atoms with Crippen LogP contribution in [-0.4, -0.2) is 12.7 Å². The van der Waals surface area contributed by atoms with Gasteiger partial charge in [-0.3, -0.25) is 0 Å². The second kappa shape index (κ2) is 6.09. The largest absolute Gasteiger partial charge is 0.445 e. The molecule has 0 atom stereocenters. The maximum absolute atomic E-state index is 11.0. The number of hydrogen-bond donors (Lipinski definition) is 1. The molecule has 1 aromatic carbocycles. The van der Waals surface area contributed by atoms with Gasteiger partial charge in [0, 0.05) is 11.6 Å². The zero-order valence-electron chi connectivity index (χ0n) is 8.20. The molecular formula is C11H12ClNO2. The first kappa shape index (κ1) is 11.6. The first-order valence-electron chi connectivity index (χ1n) is 4.48. The van der Waals surface area contributed by atoms with E-state index in [1.165, 1.54) is 6.08 Å². The quantitative estimate of drug-likeness (QED) is 0.801. The highest BCUT2D eigenvalue weighted by molar-refractivity contribution is 6.30. The lowest BCUT2D eigenvalue weighted by molar-refractivity contribution is 0.158. The molecule has 0 radical (unpaired) electrons. The van der Waals surface area contributed by atoms with Gasteiger partial charge in [-0.15, -0.1) is 0 Å². The lowest BCUT2D eigenvalue weighted by Crippen LogP contribution is -2.23. The molecule has 0 unspecified atom stereocenters. The molecule has 0 bridgehead atoms. The predicted molar refractivity (Wildman–Crippen MR) is 59.8 cm³/mol. The van der Waals surface area contributed by atoms with E-state index < -0.39 is 6.09 Å². The minimum Gasteiger partial charge on any atom is -0.445 e. The molecule has 15 heavy (non-hydrogen) atoms. The number of amides is 1. The number of carbonyl (C=O) groups excluding carboxylic acids is 1. The van der Waals surface area contributed by atoms with E-state index in [1.54, 1.807) is 12.1 Å². The van der Waals surface area contributed by atoms with Gasteiger partial charge >= 0.3 is 6.09 Å². The van der Waals surface area contributed by atoms with Crippen LogP contribution in [0.3, 0.4) is 0 Å². The van der Waals surface area contributed by atoms with Crippen LogP contribution in [0.4, 0.5) is 4.79 Å². The third-order valence-electron chi connectivity index (χ3n) is 1.68. The molecule has 0 aliphatic heterocycles. The summed E-state index contributed by atoms with van der Waals surface area (Å²) in [5.74, 6) is 0. The van der Waals surface area contributed by atoms with Crippen LogP contribution in [0, 0.1) is 0 Å². The summed E-state index contributed by atoms with van der Waals surface area (Å²) in [7, 11) is 0. The summed E-state index contributed by atoms with van der Waals surface area (Å²) >= 11 is 5.72. The van der Waals surface area contributed by atoms with Gasteiger partial charge in [-0.05, 0) is 17.7 Å². The Bertz CT molecular complexity index is 335. The van der Waals surface area contributed by atoms with Crippen molar-refractivity contribution in [1.29, 1.82) is 0 Å². The molecule has 0 heterocycles. The summed E-state index contributed by atoms with van der Waals surface area (Å²) in [6, 6.07) is 7.23. The lowest BCUT2D eigenvalue weighted by atomic mass is 10.2. The Morgan fingerprint density at radius 1 is 1.47 bits per heavy atom. The number of alkyl carbamates (subject to hydrolysis) is 1. The minimum absolute atomic E-state index is 0.215. The van der Waals surface area contributed by atoms with Gasteiger partial charge in [-0.1, -0.05) is 36.4 Å². The Morgan fingerprint density at radius 2 is 2.13 bits per heavy atom. The Kier molecular flexibility index (Phi) is 4.71. The van der Waals surface area contributed by atoms with Gasteiger partial charge in [0.15, 0.2) is 0 Å². The van der Waals surface area contributed by atoms with Crippen LogP contribution in [-0.2, 0) is 11.3 Å². The smallest absolute Gasteiger partial charge is 0.407 e. The van der Waals surface area contributed by atoms with Crippen LogP contribution in [0.5, 0.6) is 0 Å². The van der Waals surface area contributed by atoms with Gasteiger partial charge in [0.25, 0.3) is 0 Å². The van der Waals surface area contributed by atoms with Crippen molar-refractivity contribution in [2.45, 2.75) is 6.54 Å². The zero-order chi connectivity index (χ0) is 11.1. The summed E-state index contributed by atoms with van der Waals surface area (Å²) in [6.07, 6.45) is 1.06. The first-order chi connectivity index (χ1) is 7.22. The normalized spacial score (nSPS) is 9.40. The summed E-state index contributed by atoms with van der Waals surface area (Å²) in [5.41, 5.74) is 0.968. The van der Waals surface area contributed by atoms with Gasteiger partial charge < -0.3 is 10.1 Å². The van der Waals surface area contributed by atoms with Crippen LogP contribution >= 0.6 is 11.6 Å². The van der Waals surface area contributed by atoms with Crippen molar-refractivity contribution in [1.82, 2.24) is 5.32 Å². The first-order valence-corrected chi connectivity index (χ1v) is 4.86. The molecule has 0 aliphatic carbocycles. The fourth-order valence-corrected chi connectivity index (χ4v) is 1.09. The Hall–Kier alpha value is -1.48. The maximum atomic E-state index is 11.0. The van der Waals surface area contributed by atoms with Crippen LogP contribution in [0.1, 0.15) is 5.56 Å². The molecule has 0 fully saturated rings. The average Bonchev–Trinajstić information content (AvgIpc) is 2.25. The van der Waals surface area contributed by atoms with E-state index in [1.807, 2.05) is 12.1 Å². The number of benzene rings is 1. The van der Waals surface area contributed by atoms with Crippen molar-refractivity contribution in [3.63, 3.8) is 0 Å². The molecule has 0 saturated heterocycles. The molecule has 0 aliphatic rings. The van der Waals surface area contributed by atoms with Crippen molar-refractivity contribution in [3.8, 4) is 0 Å². The maximum Gasteiger partial charge on any atom is 0.407 e. The van der Waals surface area contributed by atoms with Crippen molar-refractivity contribution < 1.29 is 9.53 Å². The highest BCUT2D eigenvalue weighted by atomic mass is 35.5. The van der Waals surface area contributed by atoms with E-state index in [0.717, 1.165) is 5.56 Å². The average molecular weight is 226 g/mol. The van der Waals surface area contributed by atoms with Gasteiger partial charge in [-0.25, -0.2) is 4.79 Å². The highest BCUT2D eigenvalue weighted by Crippen LogP contribution is 2.08. The van der Waals surface area contributed by atoms with Crippen LogP contribution < -0.4 is 5.32 Å². The molecule has 0 spiro atoms. The number of nitrogens with one attached hydrogen (secondary N) is 1. The molecule has 1 aromatic rings. The van der Waals surface area contributed by atoms with E-state index in [9.17, 15) is 4.79 Å². The van der Waals surface area contributed by atoms with Crippen LogP contribution in [0.15, 0.2) is 36.9 Å². The molecule has 1 N–H and O–H groups in total. The van der Waals surface area contributed by atoms with Gasteiger partial charge in [-0.2, -0.15) is 0 Å². The minimum atomic E-state index is -0.454. The number of ether oxygens (including phenoxy) is 1. The van der Waals surface area contributed by atoms with Gasteiger partial charge in [0.2, 0.25) is 0 Å². The Balaban J connectivity index is 2.33. The fraction of sp³-hybridized carbons (Fsp3) is 0.182. The third kappa shape index (κ3) is 4.51. The molecule has 0 aromatic heterocycles. The summed E-state index contributed by atoms with van der Waals surface area (Å²) in [5, 5.41) is 3.28. The van der Waals surface area contributed by atoms with Crippen LogP contribution in [0.25, 0.3) is 0 Å². The third-order valence-corrected chi connectivity index (χ3v) is 1.93. The second-order valence-electron chi connectivity index (χ2n) is 2.87. The summed E-state index contributed by atoms with van der Waals surface area (Å²) in [6.45, 7) is 4.08. The van der Waals surface area contributed by atoms with Crippen molar-refractivity contribution in [2.75, 3.05) is 6.61 Å². The fourth-order valence-electron chi connectivity index (χ4n) is 0.962. The molecule has 4 heteroatoms. The monoisotopic (exact) mass is 225 g/mol. The van der Waals surface area contributed by atoms with Crippen LogP contribution in [0.2, 0.25) is 5.02 Å². The van der Waals surface area contributed by atoms with E-state index in [4.69, 9.17) is 16.3 Å². The van der Waals surface area contributed by atoms with Crippen molar-refractivity contribution >= 4 is 17.7 Å². The SMILES string of the molecule is C=CCOC(=O)NCc1ccc(Cl)cc1. The highest BCUT2D eigenvalue weighted by Gasteiger charge is 1.99. The summed E-state index contributed by atoms with van der Waals surface area (Å²) < 4.78 is 4.74. The van der Waals surface area contributed by atoms with E-state index in [-0.39, 0.29) is 6.61 Å².